The topological polar surface area (TPSA) is 343 Å². The second-order valence-corrected chi connectivity index (χ2v) is 36.3. The number of rotatable bonds is 19. The maximum absolute atomic E-state index is 15.3. The zero-order valence-corrected chi connectivity index (χ0v) is 73.4. The molecule has 0 bridgehead atoms. The number of H-pyrrole nitrogens is 4. The summed E-state index contributed by atoms with van der Waals surface area (Å²) in [6, 6.07) is 52.9. The molecule has 11 heterocycles. The molecule has 1 saturated carbocycles. The number of ketones is 2. The molecule has 4 atom stereocenters. The predicted molar refractivity (Wildman–Crippen MR) is 492 cm³/mol. The number of nitrogens with zero attached hydrogens (tertiary/aromatic N) is 9. The first-order chi connectivity index (χ1) is 64.3. The van der Waals surface area contributed by atoms with Crippen LogP contribution in [0.4, 0.5) is 46.5 Å². The van der Waals surface area contributed by atoms with Crippen molar-refractivity contribution in [3.05, 3.63) is 338 Å². The van der Waals surface area contributed by atoms with Gasteiger partial charge in [0, 0.05) is 136 Å². The van der Waals surface area contributed by atoms with Crippen LogP contribution in [-0.2, 0) is 39.9 Å². The Morgan fingerprint density at radius 3 is 1.81 bits per heavy atom. The monoisotopic (exact) mass is 1850 g/mol. The van der Waals surface area contributed by atoms with E-state index in [2.05, 4.69) is 72.0 Å². The van der Waals surface area contributed by atoms with Gasteiger partial charge in [0.1, 0.15) is 69.6 Å². The fourth-order valence-corrected chi connectivity index (χ4v) is 19.1. The molecule has 25 nitrogen and oxygen atoms in total. The normalized spacial score (nSPS) is 15.8. The second kappa shape index (κ2) is 36.1. The van der Waals surface area contributed by atoms with Crippen LogP contribution in [0.5, 0.6) is 17.2 Å². The molecule has 0 spiro atoms. The van der Waals surface area contributed by atoms with Crippen molar-refractivity contribution in [3.8, 4) is 73.0 Å². The van der Waals surface area contributed by atoms with Gasteiger partial charge in [-0.05, 0) is 171 Å². The number of imidazole rings is 1. The number of fused-ring (bicyclic) bond motifs is 8. The Morgan fingerprint density at radius 1 is 0.612 bits per heavy atom. The third-order valence-electron chi connectivity index (χ3n) is 23.6. The summed E-state index contributed by atoms with van der Waals surface area (Å²) >= 11 is 0. The highest BCUT2D eigenvalue weighted by atomic mass is 32.2. The second-order valence-electron chi connectivity index (χ2n) is 32.8. The number of halogens is 8. The van der Waals surface area contributed by atoms with Crippen LogP contribution < -0.4 is 24.5 Å². The summed E-state index contributed by atoms with van der Waals surface area (Å²) in [5.41, 5.74) is 14.1. The Labute approximate surface area is 759 Å². The van der Waals surface area contributed by atoms with Gasteiger partial charge in [0.2, 0.25) is 21.6 Å². The number of ether oxygens (including phenoxy) is 2. The van der Waals surface area contributed by atoms with Crippen LogP contribution in [0.3, 0.4) is 0 Å². The van der Waals surface area contributed by atoms with E-state index in [-0.39, 0.29) is 59.9 Å². The Bertz CT molecular complexity index is 7850. The number of sulfonamides is 1. The molecule has 7 N–H and O–H groups in total. The lowest BCUT2D eigenvalue weighted by Gasteiger charge is -2.18. The predicted octanol–water partition coefficient (Wildman–Crippen LogP) is 20.4. The molecule has 0 radical (unpaired) electrons. The van der Waals surface area contributed by atoms with Gasteiger partial charge < -0.3 is 34.6 Å². The summed E-state index contributed by atoms with van der Waals surface area (Å²) in [7, 11) is -6.20. The summed E-state index contributed by atoms with van der Waals surface area (Å²) in [6.07, 6.45) is 9.22. The van der Waals surface area contributed by atoms with Crippen LogP contribution in [0.15, 0.2) is 248 Å². The number of anilines is 2. The number of hydrogen-bond donors (Lipinski definition) is 7. The van der Waals surface area contributed by atoms with Crippen LogP contribution in [0.1, 0.15) is 115 Å². The Balaban J connectivity index is 0.000000122. The molecule has 35 heteroatoms. The van der Waals surface area contributed by atoms with Crippen molar-refractivity contribution in [2.24, 2.45) is 12.2 Å². The van der Waals surface area contributed by atoms with E-state index >= 15 is 8.78 Å². The molecular weight excluding hydrogens is 1780 g/mol. The minimum atomic E-state index is -4.42. The van der Waals surface area contributed by atoms with Gasteiger partial charge in [-0.15, -0.1) is 0 Å². The summed E-state index contributed by atoms with van der Waals surface area (Å²) < 4.78 is 181. The molecule has 2 fully saturated rings. The summed E-state index contributed by atoms with van der Waals surface area (Å²) in [4.78, 5) is 72.5. The van der Waals surface area contributed by atoms with E-state index < -0.39 is 95.5 Å². The minimum absolute atomic E-state index is 0.00452. The molecule has 9 aromatic heterocycles. The number of hydrogen-bond acceptors (Lipinski definition) is 17. The number of carbonyl (C=O) groups excluding carboxylic acids is 2. The molecule has 1 saturated heterocycles. The zero-order chi connectivity index (χ0) is 93.9. The number of oxime groups is 1. The van der Waals surface area contributed by atoms with E-state index in [0.29, 0.717) is 79.0 Å². The van der Waals surface area contributed by atoms with Gasteiger partial charge >= 0.3 is 16.4 Å². The molecule has 0 amide bonds. The van der Waals surface area contributed by atoms with E-state index in [1.165, 1.54) is 24.0 Å². The van der Waals surface area contributed by atoms with Crippen molar-refractivity contribution in [2.75, 3.05) is 28.3 Å². The van der Waals surface area contributed by atoms with Crippen LogP contribution in [0, 0.1) is 44.0 Å². The number of alkyl halides is 4. The number of aryl methyl sites for hydroxylation is 5. The standard InChI is InChI=1S/C32H21F3N4O3.C25H21F3N4O3S.C24H21F2N3O3S.C18H16N4O/c1-15-2-4-16(5-3-15)19-14-21-25(10-11-36-29(21)39-31(19)40)41-18-7-9-24-20(13-18)26-27(28(26)42-24)30-37-22-8-6-17(32(33,34)35)12-23(22)38-30;1-14-2-4-15(5-3-14)16-10-18-19(12-30-25(18)29-11-16)24(33)22-20(27)6-7-21(23(22)28)31-36(34,35)32-9-8-17(26)13-32;1-3-10-33(31,32)29-20-9-8-19(25)21(22(20)26)23(30)18-13-28-24-17(18)11-16(12-27-24)15-6-4-14(2)5-7-15;1-22-11-16(18(20-22)12-6-8-19-9-7-12)14-2-4-15-13(10-14)3-5-17(15)21-23/h2-14,26-28H,1H3,(H,37,38)(H,36,39,40);2-7,10-12,17,31H,8-9,13H2,1H3,(H,29,30);4-9,11-13,29H,3,10H2,1-2H3,(H,27,28);2,4,6-11,23H,3,5H2,1H3/b;;;21-17+/t26-,27-,28-;17-;;/m11../s1. The molecular formula is C99H79F8N15O10S2. The van der Waals surface area contributed by atoms with Gasteiger partial charge in [0.05, 0.1) is 61.9 Å². The summed E-state index contributed by atoms with van der Waals surface area (Å²) in [5, 5.41) is 18.5. The first-order valence-corrected chi connectivity index (χ1v) is 45.4. The van der Waals surface area contributed by atoms with Gasteiger partial charge in [-0.3, -0.25) is 33.5 Å². The molecule has 4 aliphatic rings. The van der Waals surface area contributed by atoms with Crippen LogP contribution in [0.25, 0.3) is 99.9 Å². The molecule has 134 heavy (non-hydrogen) atoms. The lowest BCUT2D eigenvalue weighted by molar-refractivity contribution is -0.137. The van der Waals surface area contributed by atoms with Crippen molar-refractivity contribution in [3.63, 3.8) is 0 Å². The average molecular weight is 1850 g/mol. The van der Waals surface area contributed by atoms with E-state index in [1.807, 2.05) is 153 Å². The van der Waals surface area contributed by atoms with E-state index in [1.54, 1.807) is 62.2 Å². The average Bonchev–Trinajstić information content (AvgIpc) is 1.53. The maximum Gasteiger partial charge on any atom is 0.416 e. The van der Waals surface area contributed by atoms with E-state index in [0.717, 1.165) is 137 Å². The fourth-order valence-electron chi connectivity index (χ4n) is 16.7. The first kappa shape index (κ1) is 89.2. The van der Waals surface area contributed by atoms with Crippen molar-refractivity contribution in [1.29, 1.82) is 0 Å². The minimum Gasteiger partial charge on any atom is -0.489 e. The number of pyridine rings is 5. The molecule has 17 aromatic rings. The van der Waals surface area contributed by atoms with Gasteiger partial charge in [0.25, 0.3) is 5.56 Å². The van der Waals surface area contributed by atoms with Crippen molar-refractivity contribution in [1.82, 2.24) is 58.9 Å². The molecule has 0 unspecified atom stereocenters. The molecule has 2 aliphatic heterocycles. The van der Waals surface area contributed by atoms with Crippen LogP contribution in [0.2, 0.25) is 0 Å². The van der Waals surface area contributed by atoms with E-state index in [4.69, 9.17) is 14.7 Å². The van der Waals surface area contributed by atoms with Crippen molar-refractivity contribution < 1.29 is 76.2 Å². The van der Waals surface area contributed by atoms with Crippen LogP contribution >= 0.6 is 0 Å². The first-order valence-electron chi connectivity index (χ1n) is 42.3. The largest absolute Gasteiger partial charge is 0.489 e. The third kappa shape index (κ3) is 18.1. The quantitative estimate of drug-likeness (QED) is 0.0171. The third-order valence-corrected chi connectivity index (χ3v) is 26.6. The number of carbonyl (C=O) groups is 2. The van der Waals surface area contributed by atoms with Crippen LogP contribution in [-0.4, -0.2) is 129 Å². The van der Waals surface area contributed by atoms with E-state index in [9.17, 15) is 57.6 Å². The van der Waals surface area contributed by atoms with Crippen molar-refractivity contribution in [2.45, 2.75) is 83.7 Å². The Kier molecular flexibility index (Phi) is 24.0. The molecule has 678 valence electrons. The zero-order valence-electron chi connectivity index (χ0n) is 71.8. The Morgan fingerprint density at radius 2 is 1.22 bits per heavy atom. The fraction of sp³-hybridized carbons (Fsp3) is 0.172. The molecule has 8 aromatic carbocycles. The number of aromatic nitrogens is 11. The lowest BCUT2D eigenvalue weighted by Crippen LogP contribution is -2.34. The summed E-state index contributed by atoms with van der Waals surface area (Å²) in [5.74, 6) is -4.64. The molecule has 2 aliphatic carbocycles. The summed E-state index contributed by atoms with van der Waals surface area (Å²) in [6.45, 7) is 7.13. The van der Waals surface area contributed by atoms with Gasteiger partial charge in [-0.1, -0.05) is 120 Å². The maximum atomic E-state index is 15.3. The smallest absolute Gasteiger partial charge is 0.416 e. The number of nitrogens with one attached hydrogen (secondary N) is 6. The SMILES string of the molecule is CCCS(=O)(=O)Nc1ccc(F)c(C(=O)c2c[nH]c3ncc(-c4ccc(C)cc4)cc23)c1F.Cc1ccc(-c2cc3c(Oc4ccc5c(c4)[C@H]4[C@@H](O5)[C@@H]4c4nc5ccc(C(F)(F)F)cc5[nH]4)ccnc3[nH]c2=O)cc1.Cc1ccc(-c2cnc3[nH]cc(C(=O)c4c(F)ccc(NS(=O)(=O)N5CC[C@@H](F)C5)c4F)c3c2)cc1.Cn1cc(-c2ccc3c(c2)CC/C3=N\O)c(-c2ccncc2)n1. The van der Waals surface area contributed by atoms with Gasteiger partial charge in [-0.25, -0.2) is 50.3 Å². The lowest BCUT2D eigenvalue weighted by atomic mass is 9.98. The number of benzene rings is 8. The van der Waals surface area contributed by atoms with Gasteiger partial charge in [0.15, 0.2) is 11.6 Å². The Hall–Kier alpha value is -15.4. The highest BCUT2D eigenvalue weighted by molar-refractivity contribution is 7.92. The highest BCUT2D eigenvalue weighted by Crippen LogP contribution is 2.63. The molecule has 21 rings (SSSR count). The van der Waals surface area contributed by atoms with Crippen molar-refractivity contribution >= 4 is 93.0 Å². The number of aromatic amines is 4. The highest BCUT2D eigenvalue weighted by Gasteiger charge is 2.61. The van der Waals surface area contributed by atoms with Gasteiger partial charge in [-0.2, -0.15) is 31.0 Å².